The van der Waals surface area contributed by atoms with Gasteiger partial charge in [0.15, 0.2) is 5.75 Å². The van der Waals surface area contributed by atoms with Crippen LogP contribution in [-0.4, -0.2) is 43.0 Å². The lowest BCUT2D eigenvalue weighted by Crippen LogP contribution is -2.52. The zero-order chi connectivity index (χ0) is 29.9. The van der Waals surface area contributed by atoms with Gasteiger partial charge in [-0.3, -0.25) is 9.59 Å². The summed E-state index contributed by atoms with van der Waals surface area (Å²) in [6.07, 6.45) is 7.30. The molecule has 0 atom stereocenters. The molecule has 2 heterocycles. The summed E-state index contributed by atoms with van der Waals surface area (Å²) in [7, 11) is 0. The summed E-state index contributed by atoms with van der Waals surface area (Å²) in [5, 5.41) is 1.60. The number of piperidine rings is 1. The highest BCUT2D eigenvalue weighted by Crippen LogP contribution is 2.51. The molecule has 2 aliphatic rings. The third kappa shape index (κ3) is 6.31. The second-order valence-corrected chi connectivity index (χ2v) is 13.5. The molecule has 1 saturated heterocycles. The zero-order valence-electron chi connectivity index (χ0n) is 23.5. The Morgan fingerprint density at radius 1 is 0.976 bits per heavy atom. The van der Waals surface area contributed by atoms with Gasteiger partial charge in [0.25, 0.3) is 5.91 Å². The molecule has 0 unspecified atom stereocenters. The lowest BCUT2D eigenvalue weighted by atomic mass is 9.63. The molecule has 4 N–H and O–H groups in total. The Hall–Kier alpha value is -2.29. The van der Waals surface area contributed by atoms with Crippen LogP contribution in [-0.2, 0) is 4.79 Å². The molecule has 1 aliphatic heterocycles. The van der Waals surface area contributed by atoms with Crippen LogP contribution in [0.15, 0.2) is 42.5 Å². The smallest absolute Gasteiger partial charge is 0.267 e. The first-order chi connectivity index (χ1) is 20.2. The van der Waals surface area contributed by atoms with Gasteiger partial charge in [0.1, 0.15) is 4.88 Å². The number of hydrogen-bond acceptors (Lipinski definition) is 5. The molecule has 0 spiro atoms. The average Bonchev–Trinajstić information content (AvgIpc) is 3.36. The number of hydrogen-bond donors (Lipinski definition) is 2. The number of amides is 2. The van der Waals surface area contributed by atoms with Gasteiger partial charge in [-0.25, -0.2) is 0 Å². The van der Waals surface area contributed by atoms with E-state index in [1.54, 1.807) is 12.1 Å². The average molecular weight is 649 g/mol. The third-order valence-corrected chi connectivity index (χ3v) is 10.8. The third-order valence-electron chi connectivity index (χ3n) is 8.78. The normalized spacial score (nSPS) is 17.3. The topological polar surface area (TPSA) is 98.7 Å². The number of ether oxygens (including phenoxy) is 1. The fourth-order valence-corrected chi connectivity index (χ4v) is 8.42. The molecule has 42 heavy (non-hydrogen) atoms. The first-order valence-corrected chi connectivity index (χ1v) is 16.5. The number of likely N-dealkylation sites (tertiary alicyclic amines) is 1. The Bertz CT molecular complexity index is 1430. The van der Waals surface area contributed by atoms with E-state index in [2.05, 4.69) is 0 Å². The SMILES string of the molecule is NCCCOc1c(C(=O)N2CCC(C(N)=O)(C3CCCCC3)CC2)sc(-c2ccc(Cl)cc2Cl)c1-c1ccc(Cl)cc1. The highest BCUT2D eigenvalue weighted by Gasteiger charge is 2.47. The van der Waals surface area contributed by atoms with Crippen LogP contribution in [0.2, 0.25) is 15.1 Å². The van der Waals surface area contributed by atoms with Gasteiger partial charge in [0.05, 0.1) is 17.0 Å². The second kappa shape index (κ2) is 13.6. The van der Waals surface area contributed by atoms with E-state index < -0.39 is 5.41 Å². The molecule has 10 heteroatoms. The lowest BCUT2D eigenvalue weighted by molar-refractivity contribution is -0.135. The Morgan fingerprint density at radius 2 is 1.64 bits per heavy atom. The number of primary amides is 1. The van der Waals surface area contributed by atoms with Crippen LogP contribution in [0.4, 0.5) is 0 Å². The minimum Gasteiger partial charge on any atom is -0.491 e. The van der Waals surface area contributed by atoms with Gasteiger partial charge < -0.3 is 21.1 Å². The molecule has 1 aromatic heterocycles. The predicted molar refractivity (Wildman–Crippen MR) is 173 cm³/mol. The highest BCUT2D eigenvalue weighted by molar-refractivity contribution is 7.18. The molecule has 6 nitrogen and oxygen atoms in total. The van der Waals surface area contributed by atoms with Gasteiger partial charge in [-0.2, -0.15) is 0 Å². The van der Waals surface area contributed by atoms with Crippen molar-refractivity contribution in [3.8, 4) is 27.3 Å². The molecule has 2 amide bonds. The number of thiophene rings is 1. The second-order valence-electron chi connectivity index (χ2n) is 11.2. The van der Waals surface area contributed by atoms with E-state index in [1.165, 1.54) is 17.8 Å². The molecule has 1 aliphatic carbocycles. The van der Waals surface area contributed by atoms with Crippen molar-refractivity contribution in [1.82, 2.24) is 4.90 Å². The van der Waals surface area contributed by atoms with Crippen LogP contribution in [0.25, 0.3) is 21.6 Å². The number of halogens is 3. The van der Waals surface area contributed by atoms with Gasteiger partial charge in [-0.15, -0.1) is 11.3 Å². The van der Waals surface area contributed by atoms with Gasteiger partial charge in [0, 0.05) is 39.1 Å². The molecule has 2 aromatic carbocycles. The first kappa shape index (κ1) is 31.1. The number of rotatable bonds is 9. The van der Waals surface area contributed by atoms with Crippen LogP contribution in [0.5, 0.6) is 5.75 Å². The minimum atomic E-state index is -0.552. The van der Waals surface area contributed by atoms with E-state index in [0.29, 0.717) is 71.2 Å². The summed E-state index contributed by atoms with van der Waals surface area (Å²) in [6.45, 7) is 1.74. The quantitative estimate of drug-likeness (QED) is 0.229. The van der Waals surface area contributed by atoms with E-state index in [1.807, 2.05) is 35.2 Å². The maximum Gasteiger partial charge on any atom is 0.267 e. The van der Waals surface area contributed by atoms with Gasteiger partial charge in [0.2, 0.25) is 5.91 Å². The van der Waals surface area contributed by atoms with Crippen molar-refractivity contribution >= 4 is 58.0 Å². The molecule has 1 saturated carbocycles. The van der Waals surface area contributed by atoms with Crippen molar-refractivity contribution in [2.75, 3.05) is 26.2 Å². The van der Waals surface area contributed by atoms with Crippen LogP contribution < -0.4 is 16.2 Å². The standard InChI is InChI=1S/C32H36Cl3N3O3S/c33-22-9-7-20(8-10-22)26-27(41-18-4-15-36)29(42-28(26)24-12-11-23(34)19-25(24)35)30(39)38-16-13-32(14-17-38,31(37)40)21-5-2-1-3-6-21/h7-12,19,21H,1-6,13-18,36H2,(H2,37,40). The molecule has 5 rings (SSSR count). The lowest BCUT2D eigenvalue weighted by Gasteiger charge is -2.45. The monoisotopic (exact) mass is 647 g/mol. The Balaban J connectivity index is 1.55. The van der Waals surface area contributed by atoms with Crippen molar-refractivity contribution in [2.45, 2.75) is 51.4 Å². The first-order valence-electron chi connectivity index (χ1n) is 14.6. The molecule has 0 radical (unpaired) electrons. The summed E-state index contributed by atoms with van der Waals surface area (Å²) in [4.78, 5) is 30.2. The fraction of sp³-hybridized carbons (Fsp3) is 0.438. The Morgan fingerprint density at radius 3 is 2.26 bits per heavy atom. The molecule has 2 fully saturated rings. The van der Waals surface area contributed by atoms with Crippen LogP contribution in [0, 0.1) is 11.3 Å². The van der Waals surface area contributed by atoms with E-state index in [9.17, 15) is 9.59 Å². The molecule has 0 bridgehead atoms. The van der Waals surface area contributed by atoms with E-state index in [4.69, 9.17) is 51.0 Å². The van der Waals surface area contributed by atoms with Crippen molar-refractivity contribution in [3.63, 3.8) is 0 Å². The van der Waals surface area contributed by atoms with Crippen LogP contribution in [0.1, 0.15) is 61.0 Å². The summed E-state index contributed by atoms with van der Waals surface area (Å²) in [6, 6.07) is 12.8. The molecular formula is C32H36Cl3N3O3S. The van der Waals surface area contributed by atoms with Crippen molar-refractivity contribution in [2.24, 2.45) is 22.8 Å². The van der Waals surface area contributed by atoms with E-state index in [-0.39, 0.29) is 17.7 Å². The predicted octanol–water partition coefficient (Wildman–Crippen LogP) is 8.06. The Labute approximate surface area is 266 Å². The number of carbonyl (C=O) groups is 2. The highest BCUT2D eigenvalue weighted by atomic mass is 35.5. The largest absolute Gasteiger partial charge is 0.491 e. The fourth-order valence-electron chi connectivity index (χ4n) is 6.46. The molecular weight excluding hydrogens is 613 g/mol. The number of nitrogens with zero attached hydrogens (tertiary/aromatic N) is 1. The van der Waals surface area contributed by atoms with Crippen molar-refractivity contribution in [3.05, 3.63) is 62.4 Å². The maximum absolute atomic E-state index is 14.3. The van der Waals surface area contributed by atoms with E-state index >= 15 is 0 Å². The van der Waals surface area contributed by atoms with Crippen LogP contribution in [0.3, 0.4) is 0 Å². The van der Waals surface area contributed by atoms with Crippen molar-refractivity contribution < 1.29 is 14.3 Å². The van der Waals surface area contributed by atoms with E-state index in [0.717, 1.165) is 47.3 Å². The van der Waals surface area contributed by atoms with Gasteiger partial charge >= 0.3 is 0 Å². The minimum absolute atomic E-state index is 0.129. The molecule has 224 valence electrons. The van der Waals surface area contributed by atoms with Gasteiger partial charge in [-0.05, 0) is 74.4 Å². The van der Waals surface area contributed by atoms with Crippen molar-refractivity contribution in [1.29, 1.82) is 0 Å². The molecule has 3 aromatic rings. The number of nitrogens with two attached hydrogens (primary N) is 2. The summed E-state index contributed by atoms with van der Waals surface area (Å²) >= 11 is 20.5. The zero-order valence-corrected chi connectivity index (χ0v) is 26.6. The summed E-state index contributed by atoms with van der Waals surface area (Å²) < 4.78 is 6.35. The number of carbonyl (C=O) groups excluding carboxylic acids is 2. The van der Waals surface area contributed by atoms with Gasteiger partial charge in [-0.1, -0.05) is 72.3 Å². The number of benzene rings is 2. The maximum atomic E-state index is 14.3. The van der Waals surface area contributed by atoms with Crippen LogP contribution >= 0.6 is 46.1 Å². The summed E-state index contributed by atoms with van der Waals surface area (Å²) in [5.41, 5.74) is 13.6. The Kier molecular flexibility index (Phi) is 10.1. The summed E-state index contributed by atoms with van der Waals surface area (Å²) in [5.74, 6) is 0.429.